The number of aryl methyl sites for hydroxylation is 1. The van der Waals surface area contributed by atoms with E-state index in [1.165, 1.54) is 5.56 Å². The second-order valence-electron chi connectivity index (χ2n) is 7.63. The summed E-state index contributed by atoms with van der Waals surface area (Å²) >= 11 is 0. The van der Waals surface area contributed by atoms with Crippen molar-refractivity contribution >= 4 is 5.97 Å². The van der Waals surface area contributed by atoms with Crippen molar-refractivity contribution in [3.05, 3.63) is 46.8 Å². The lowest BCUT2D eigenvalue weighted by atomic mass is 9.87. The molecule has 4 nitrogen and oxygen atoms in total. The molecular weight excluding hydrogens is 300 g/mol. The fourth-order valence-electron chi connectivity index (χ4n) is 2.96. The first-order valence-corrected chi connectivity index (χ1v) is 8.62. The molecule has 4 heteroatoms. The second kappa shape index (κ2) is 6.80. The van der Waals surface area contributed by atoms with Gasteiger partial charge in [0.1, 0.15) is 5.56 Å². The van der Waals surface area contributed by atoms with Crippen LogP contribution in [-0.4, -0.2) is 20.9 Å². The third-order valence-electron chi connectivity index (χ3n) is 4.22. The molecule has 0 unspecified atom stereocenters. The summed E-state index contributed by atoms with van der Waals surface area (Å²) < 4.78 is 1.81. The van der Waals surface area contributed by atoms with E-state index in [0.717, 1.165) is 17.8 Å². The maximum absolute atomic E-state index is 11.8. The Morgan fingerprint density at radius 2 is 1.79 bits per heavy atom. The number of rotatable bonds is 5. The summed E-state index contributed by atoms with van der Waals surface area (Å²) in [5.41, 5.74) is 4.06. The Hall–Kier alpha value is -2.10. The van der Waals surface area contributed by atoms with Gasteiger partial charge in [0.05, 0.1) is 17.1 Å². The molecule has 1 N–H and O–H groups in total. The number of hydrogen-bond acceptors (Lipinski definition) is 2. The smallest absolute Gasteiger partial charge is 0.339 e. The van der Waals surface area contributed by atoms with Crippen LogP contribution in [-0.2, 0) is 11.8 Å². The molecule has 0 amide bonds. The van der Waals surface area contributed by atoms with Crippen molar-refractivity contribution in [2.24, 2.45) is 0 Å². The highest BCUT2D eigenvalue weighted by Crippen LogP contribution is 2.28. The maximum Gasteiger partial charge on any atom is 0.339 e. The lowest BCUT2D eigenvalue weighted by Gasteiger charge is -2.19. The maximum atomic E-state index is 11.8. The fraction of sp³-hybridized carbons (Fsp3) is 0.500. The summed E-state index contributed by atoms with van der Waals surface area (Å²) in [6, 6.07) is 8.25. The SMILES string of the molecule is CCCc1nn(-c2ccc(C(C)(C)C)cc2)c(C(C)C)c1C(=O)O. The van der Waals surface area contributed by atoms with Crippen molar-refractivity contribution in [2.75, 3.05) is 0 Å². The number of aromatic carboxylic acids is 1. The average molecular weight is 328 g/mol. The Labute approximate surface area is 144 Å². The van der Waals surface area contributed by atoms with E-state index in [1.54, 1.807) is 0 Å². The van der Waals surface area contributed by atoms with E-state index in [4.69, 9.17) is 0 Å². The Morgan fingerprint density at radius 1 is 1.21 bits per heavy atom. The van der Waals surface area contributed by atoms with Crippen LogP contribution in [0.5, 0.6) is 0 Å². The number of carboxylic acids is 1. The normalized spacial score (nSPS) is 12.0. The van der Waals surface area contributed by atoms with Crippen molar-refractivity contribution in [3.63, 3.8) is 0 Å². The minimum Gasteiger partial charge on any atom is -0.478 e. The van der Waals surface area contributed by atoms with E-state index >= 15 is 0 Å². The van der Waals surface area contributed by atoms with Gasteiger partial charge in [0, 0.05) is 0 Å². The lowest BCUT2D eigenvalue weighted by Crippen LogP contribution is -2.12. The molecule has 0 aliphatic rings. The van der Waals surface area contributed by atoms with Crippen LogP contribution in [0.1, 0.15) is 81.2 Å². The topological polar surface area (TPSA) is 55.1 Å². The number of benzene rings is 1. The first-order valence-electron chi connectivity index (χ1n) is 8.62. The monoisotopic (exact) mass is 328 g/mol. The van der Waals surface area contributed by atoms with Gasteiger partial charge in [0.2, 0.25) is 0 Å². The minimum atomic E-state index is -0.889. The van der Waals surface area contributed by atoms with Crippen LogP contribution in [0.2, 0.25) is 0 Å². The van der Waals surface area contributed by atoms with Gasteiger partial charge in [0.15, 0.2) is 0 Å². The molecule has 2 aromatic rings. The highest BCUT2D eigenvalue weighted by Gasteiger charge is 2.25. The van der Waals surface area contributed by atoms with Crippen molar-refractivity contribution in [2.45, 2.75) is 65.7 Å². The molecule has 0 bridgehead atoms. The number of aromatic nitrogens is 2. The molecule has 1 aromatic carbocycles. The zero-order chi connectivity index (χ0) is 18.1. The molecule has 1 aromatic heterocycles. The molecule has 0 aliphatic heterocycles. The van der Waals surface area contributed by atoms with Crippen LogP contribution in [0.25, 0.3) is 5.69 Å². The van der Waals surface area contributed by atoms with Crippen molar-refractivity contribution in [3.8, 4) is 5.69 Å². The van der Waals surface area contributed by atoms with E-state index in [2.05, 4.69) is 38.0 Å². The third-order valence-corrected chi connectivity index (χ3v) is 4.22. The van der Waals surface area contributed by atoms with E-state index < -0.39 is 5.97 Å². The standard InChI is InChI=1S/C20H28N2O2/c1-7-8-16-17(19(23)24)18(13(2)3)22(21-16)15-11-9-14(10-12-15)20(4,5)6/h9-13H,7-8H2,1-6H3,(H,23,24). The predicted molar refractivity (Wildman–Crippen MR) is 97.3 cm³/mol. The van der Waals surface area contributed by atoms with E-state index in [1.807, 2.05) is 37.6 Å². The molecule has 0 radical (unpaired) electrons. The average Bonchev–Trinajstić information content (AvgIpc) is 2.86. The molecule has 130 valence electrons. The molecule has 0 atom stereocenters. The summed E-state index contributed by atoms with van der Waals surface area (Å²) in [7, 11) is 0. The van der Waals surface area contributed by atoms with Crippen LogP contribution in [0, 0.1) is 0 Å². The largest absolute Gasteiger partial charge is 0.478 e. The molecule has 0 aliphatic carbocycles. The first kappa shape index (κ1) is 18.2. The highest BCUT2D eigenvalue weighted by atomic mass is 16.4. The highest BCUT2D eigenvalue weighted by molar-refractivity contribution is 5.90. The Balaban J connectivity index is 2.61. The molecule has 0 fully saturated rings. The quantitative estimate of drug-likeness (QED) is 0.845. The summed E-state index contributed by atoms with van der Waals surface area (Å²) in [5, 5.41) is 14.3. The van der Waals surface area contributed by atoms with Crippen LogP contribution in [0.4, 0.5) is 0 Å². The Kier molecular flexibility index (Phi) is 5.16. The Bertz CT molecular complexity index is 719. The molecular formula is C20H28N2O2. The van der Waals surface area contributed by atoms with E-state index in [-0.39, 0.29) is 11.3 Å². The summed E-state index contributed by atoms with van der Waals surface area (Å²) in [4.78, 5) is 11.8. The van der Waals surface area contributed by atoms with Gasteiger partial charge in [-0.3, -0.25) is 0 Å². The van der Waals surface area contributed by atoms with Gasteiger partial charge in [-0.2, -0.15) is 5.10 Å². The van der Waals surface area contributed by atoms with Crippen LogP contribution in [0.3, 0.4) is 0 Å². The van der Waals surface area contributed by atoms with Gasteiger partial charge >= 0.3 is 5.97 Å². The number of nitrogens with zero attached hydrogens (tertiary/aromatic N) is 2. The van der Waals surface area contributed by atoms with Gasteiger partial charge in [0.25, 0.3) is 0 Å². The molecule has 2 rings (SSSR count). The van der Waals surface area contributed by atoms with Crippen LogP contribution >= 0.6 is 0 Å². The predicted octanol–water partition coefficient (Wildman–Crippen LogP) is 4.94. The zero-order valence-corrected chi connectivity index (χ0v) is 15.6. The van der Waals surface area contributed by atoms with Gasteiger partial charge in [-0.05, 0) is 35.4 Å². The summed E-state index contributed by atoms with van der Waals surface area (Å²) in [5.74, 6) is -0.809. The third kappa shape index (κ3) is 3.53. The number of hydrogen-bond donors (Lipinski definition) is 1. The van der Waals surface area contributed by atoms with Crippen molar-refractivity contribution in [1.29, 1.82) is 0 Å². The molecule has 0 saturated carbocycles. The molecule has 24 heavy (non-hydrogen) atoms. The fourth-order valence-corrected chi connectivity index (χ4v) is 2.96. The Morgan fingerprint density at radius 3 is 2.21 bits per heavy atom. The summed E-state index contributed by atoms with van der Waals surface area (Å²) in [6.45, 7) is 12.6. The molecule has 0 saturated heterocycles. The van der Waals surface area contributed by atoms with E-state index in [0.29, 0.717) is 17.7 Å². The van der Waals surface area contributed by atoms with Gasteiger partial charge in [-0.15, -0.1) is 0 Å². The molecule has 1 heterocycles. The summed E-state index contributed by atoms with van der Waals surface area (Å²) in [6.07, 6.45) is 1.55. The van der Waals surface area contributed by atoms with Gasteiger partial charge < -0.3 is 5.11 Å². The first-order chi connectivity index (χ1) is 11.2. The number of carbonyl (C=O) groups is 1. The molecule has 0 spiro atoms. The van der Waals surface area contributed by atoms with E-state index in [9.17, 15) is 9.90 Å². The van der Waals surface area contributed by atoms with Crippen LogP contribution < -0.4 is 0 Å². The van der Waals surface area contributed by atoms with Crippen LogP contribution in [0.15, 0.2) is 24.3 Å². The number of carboxylic acid groups (broad SMARTS) is 1. The zero-order valence-electron chi connectivity index (χ0n) is 15.6. The van der Waals surface area contributed by atoms with Gasteiger partial charge in [-0.25, -0.2) is 9.48 Å². The minimum absolute atomic E-state index is 0.0801. The van der Waals surface area contributed by atoms with Crippen molar-refractivity contribution < 1.29 is 9.90 Å². The van der Waals surface area contributed by atoms with Crippen molar-refractivity contribution in [1.82, 2.24) is 9.78 Å². The lowest BCUT2D eigenvalue weighted by molar-refractivity contribution is 0.0694. The van der Waals surface area contributed by atoms with Gasteiger partial charge in [-0.1, -0.05) is 60.1 Å². The second-order valence-corrected chi connectivity index (χ2v) is 7.63.